The highest BCUT2D eigenvalue weighted by Gasteiger charge is 2.13. The molecule has 1 rings (SSSR count). The van der Waals surface area contributed by atoms with Crippen LogP contribution in [0.1, 0.15) is 30.6 Å². The van der Waals surface area contributed by atoms with Crippen LogP contribution in [0.15, 0.2) is 24.3 Å². The lowest BCUT2D eigenvalue weighted by atomic mass is 10.1. The highest BCUT2D eigenvalue weighted by molar-refractivity contribution is 5.90. The Labute approximate surface area is 99.5 Å². The van der Waals surface area contributed by atoms with Gasteiger partial charge in [0.15, 0.2) is 0 Å². The zero-order valence-electron chi connectivity index (χ0n) is 9.88. The Morgan fingerprint density at radius 3 is 2.82 bits per heavy atom. The first kappa shape index (κ1) is 13.2. The third kappa shape index (κ3) is 3.86. The summed E-state index contributed by atoms with van der Waals surface area (Å²) in [7, 11) is 0. The predicted molar refractivity (Wildman–Crippen MR) is 62.8 cm³/mol. The normalized spacial score (nSPS) is 11.9. The molecule has 0 heterocycles. The van der Waals surface area contributed by atoms with Crippen LogP contribution in [0.3, 0.4) is 0 Å². The van der Waals surface area contributed by atoms with E-state index in [1.54, 1.807) is 0 Å². The average molecular weight is 237 g/mol. The van der Waals surface area contributed by atoms with Gasteiger partial charge in [0.25, 0.3) is 5.69 Å². The largest absolute Gasteiger partial charge is 0.462 e. The quantitative estimate of drug-likeness (QED) is 0.448. The fourth-order valence-corrected chi connectivity index (χ4v) is 1.17. The number of carbonyl (C=O) groups is 1. The second-order valence-corrected chi connectivity index (χ2v) is 3.92. The van der Waals surface area contributed by atoms with E-state index in [0.717, 1.165) is 6.42 Å². The van der Waals surface area contributed by atoms with E-state index in [1.165, 1.54) is 24.3 Å². The molecule has 0 radical (unpaired) electrons. The van der Waals surface area contributed by atoms with Gasteiger partial charge in [-0.1, -0.05) is 26.3 Å². The van der Waals surface area contributed by atoms with Crippen molar-refractivity contribution in [2.75, 3.05) is 6.61 Å². The number of benzene rings is 1. The summed E-state index contributed by atoms with van der Waals surface area (Å²) in [6.45, 7) is 4.31. The minimum absolute atomic E-state index is 0.108. The summed E-state index contributed by atoms with van der Waals surface area (Å²) in [5.41, 5.74) is 0.102. The van der Waals surface area contributed by atoms with Crippen molar-refractivity contribution in [3.63, 3.8) is 0 Å². The Balaban J connectivity index is 2.69. The average Bonchev–Trinajstić information content (AvgIpc) is 2.35. The van der Waals surface area contributed by atoms with Crippen molar-refractivity contribution in [2.24, 2.45) is 5.92 Å². The van der Waals surface area contributed by atoms with E-state index >= 15 is 0 Å². The first-order chi connectivity index (χ1) is 8.04. The molecule has 92 valence electrons. The Morgan fingerprint density at radius 1 is 1.53 bits per heavy atom. The van der Waals surface area contributed by atoms with Gasteiger partial charge in [0, 0.05) is 12.1 Å². The van der Waals surface area contributed by atoms with Crippen LogP contribution in [0, 0.1) is 16.0 Å². The fourth-order valence-electron chi connectivity index (χ4n) is 1.17. The monoisotopic (exact) mass is 237 g/mol. The van der Waals surface area contributed by atoms with Crippen LogP contribution in [-0.4, -0.2) is 17.5 Å². The van der Waals surface area contributed by atoms with E-state index in [2.05, 4.69) is 0 Å². The number of hydrogen-bond donors (Lipinski definition) is 0. The number of non-ortho nitro benzene ring substituents is 1. The number of carbonyl (C=O) groups excluding carboxylic acids is 1. The molecule has 0 amide bonds. The maximum Gasteiger partial charge on any atom is 0.338 e. The fraction of sp³-hybridized carbons (Fsp3) is 0.417. The zero-order valence-corrected chi connectivity index (χ0v) is 9.88. The molecule has 1 aromatic rings. The van der Waals surface area contributed by atoms with Crippen molar-refractivity contribution in [3.05, 3.63) is 39.9 Å². The third-order valence-corrected chi connectivity index (χ3v) is 2.49. The number of hydrogen-bond acceptors (Lipinski definition) is 4. The van der Waals surface area contributed by atoms with Crippen LogP contribution in [0.2, 0.25) is 0 Å². The van der Waals surface area contributed by atoms with Gasteiger partial charge < -0.3 is 4.74 Å². The second-order valence-electron chi connectivity index (χ2n) is 3.92. The molecule has 1 aromatic carbocycles. The summed E-state index contributed by atoms with van der Waals surface area (Å²) in [5, 5.41) is 10.5. The van der Waals surface area contributed by atoms with Crippen molar-refractivity contribution >= 4 is 11.7 Å². The van der Waals surface area contributed by atoms with Gasteiger partial charge in [-0.25, -0.2) is 4.79 Å². The van der Waals surface area contributed by atoms with Crippen molar-refractivity contribution in [2.45, 2.75) is 20.3 Å². The molecule has 0 unspecified atom stereocenters. The number of esters is 1. The van der Waals surface area contributed by atoms with Crippen LogP contribution < -0.4 is 0 Å². The van der Waals surface area contributed by atoms with Crippen LogP contribution in [0.25, 0.3) is 0 Å². The zero-order chi connectivity index (χ0) is 12.8. The smallest absolute Gasteiger partial charge is 0.338 e. The summed E-state index contributed by atoms with van der Waals surface area (Å²) in [6, 6.07) is 5.54. The van der Waals surface area contributed by atoms with E-state index in [-0.39, 0.29) is 17.2 Å². The summed E-state index contributed by atoms with van der Waals surface area (Å²) in [5.74, 6) is -0.230. The van der Waals surface area contributed by atoms with Gasteiger partial charge in [0.2, 0.25) is 0 Å². The molecular weight excluding hydrogens is 222 g/mol. The molecule has 0 spiro atoms. The van der Waals surface area contributed by atoms with E-state index in [1.807, 2.05) is 13.8 Å². The number of rotatable bonds is 5. The Morgan fingerprint density at radius 2 is 2.24 bits per heavy atom. The molecule has 1 atom stereocenters. The van der Waals surface area contributed by atoms with Gasteiger partial charge in [-0.2, -0.15) is 0 Å². The van der Waals surface area contributed by atoms with Gasteiger partial charge in [-0.05, 0) is 12.0 Å². The molecule has 0 aliphatic heterocycles. The summed E-state index contributed by atoms with van der Waals surface area (Å²) >= 11 is 0. The van der Waals surface area contributed by atoms with Crippen molar-refractivity contribution in [3.8, 4) is 0 Å². The molecule has 5 nitrogen and oxygen atoms in total. The highest BCUT2D eigenvalue weighted by atomic mass is 16.6. The Bertz CT molecular complexity index is 417. The summed E-state index contributed by atoms with van der Waals surface area (Å²) in [6.07, 6.45) is 0.919. The standard InChI is InChI=1S/C12H15NO4/c1-3-9(2)8-17-12(14)10-5-4-6-11(7-10)13(15)16/h4-7,9H,3,8H2,1-2H3/t9-/m0/s1. The van der Waals surface area contributed by atoms with Gasteiger partial charge in [0.1, 0.15) is 0 Å². The summed E-state index contributed by atoms with van der Waals surface area (Å²) in [4.78, 5) is 21.6. The number of ether oxygens (including phenoxy) is 1. The van der Waals surface area contributed by atoms with Gasteiger partial charge in [0.05, 0.1) is 17.1 Å². The van der Waals surface area contributed by atoms with E-state index < -0.39 is 10.9 Å². The van der Waals surface area contributed by atoms with Crippen molar-refractivity contribution < 1.29 is 14.5 Å². The third-order valence-electron chi connectivity index (χ3n) is 2.49. The van der Waals surface area contributed by atoms with E-state index in [0.29, 0.717) is 6.61 Å². The Hall–Kier alpha value is -1.91. The highest BCUT2D eigenvalue weighted by Crippen LogP contribution is 2.14. The maximum absolute atomic E-state index is 11.6. The molecule has 0 aliphatic carbocycles. The molecule has 0 aromatic heterocycles. The first-order valence-electron chi connectivity index (χ1n) is 5.46. The van der Waals surface area contributed by atoms with Crippen LogP contribution in [0.5, 0.6) is 0 Å². The molecule has 0 saturated heterocycles. The number of nitro groups is 1. The van der Waals surface area contributed by atoms with Gasteiger partial charge >= 0.3 is 5.97 Å². The molecule has 0 fully saturated rings. The Kier molecular flexibility index (Phi) is 4.63. The SMILES string of the molecule is CC[C@H](C)COC(=O)c1cccc([N+](=O)[O-])c1. The number of nitrogens with zero attached hydrogens (tertiary/aromatic N) is 1. The summed E-state index contributed by atoms with van der Waals surface area (Å²) < 4.78 is 5.05. The minimum atomic E-state index is -0.536. The second kappa shape index (κ2) is 5.98. The molecule has 0 saturated carbocycles. The van der Waals surface area contributed by atoms with E-state index in [4.69, 9.17) is 4.74 Å². The molecular formula is C12H15NO4. The lowest BCUT2D eigenvalue weighted by molar-refractivity contribution is -0.384. The van der Waals surface area contributed by atoms with Crippen LogP contribution in [0.4, 0.5) is 5.69 Å². The molecule has 0 N–H and O–H groups in total. The van der Waals surface area contributed by atoms with E-state index in [9.17, 15) is 14.9 Å². The predicted octanol–water partition coefficient (Wildman–Crippen LogP) is 2.80. The molecule has 17 heavy (non-hydrogen) atoms. The molecule has 0 bridgehead atoms. The number of nitro benzene ring substituents is 1. The van der Waals surface area contributed by atoms with Crippen molar-refractivity contribution in [1.82, 2.24) is 0 Å². The van der Waals surface area contributed by atoms with Gasteiger partial charge in [-0.15, -0.1) is 0 Å². The van der Waals surface area contributed by atoms with Crippen LogP contribution in [-0.2, 0) is 4.74 Å². The topological polar surface area (TPSA) is 69.4 Å². The lowest BCUT2D eigenvalue weighted by Gasteiger charge is -2.09. The first-order valence-corrected chi connectivity index (χ1v) is 5.46. The molecule has 5 heteroatoms. The van der Waals surface area contributed by atoms with Crippen LogP contribution >= 0.6 is 0 Å². The maximum atomic E-state index is 11.6. The van der Waals surface area contributed by atoms with Crippen molar-refractivity contribution in [1.29, 1.82) is 0 Å². The minimum Gasteiger partial charge on any atom is -0.462 e. The lowest BCUT2D eigenvalue weighted by Crippen LogP contribution is -2.11. The molecule has 0 aliphatic rings. The van der Waals surface area contributed by atoms with Gasteiger partial charge in [-0.3, -0.25) is 10.1 Å².